The molecule has 0 amide bonds. The van der Waals surface area contributed by atoms with Gasteiger partial charge in [-0.3, -0.25) is 4.98 Å². The van der Waals surface area contributed by atoms with Crippen molar-refractivity contribution in [1.29, 1.82) is 0 Å². The number of β-amino-alcohol motifs (C(OH)–C–C–N with tert-alkyl or cyclic N) is 1. The highest BCUT2D eigenvalue weighted by molar-refractivity contribution is 5.79. The summed E-state index contributed by atoms with van der Waals surface area (Å²) in [6, 6.07) is 10.1. The number of nitrogens with zero attached hydrogens (tertiary/aromatic N) is 9. The van der Waals surface area contributed by atoms with Crippen molar-refractivity contribution in [2.45, 2.75) is 32.0 Å². The Morgan fingerprint density at radius 3 is 2.94 bits per heavy atom. The Morgan fingerprint density at radius 1 is 1.12 bits per heavy atom. The standard InChI is InChI=1S/C23H23N9O/c1-16-24-8-10-30(16)14-23(33)6-9-31(15-23)20-12-26-21-22(27-20)32(29-28-21)13-17-4-5-19-18(11-17)3-2-7-25-19/h2-5,7-8,10-12,33H,6,9,13-15H2,1H3. The van der Waals surface area contributed by atoms with E-state index in [1.165, 1.54) is 0 Å². The van der Waals surface area contributed by atoms with Gasteiger partial charge < -0.3 is 14.6 Å². The Kier molecular flexibility index (Phi) is 4.54. The van der Waals surface area contributed by atoms with Gasteiger partial charge >= 0.3 is 0 Å². The lowest BCUT2D eigenvalue weighted by molar-refractivity contribution is 0.0443. The molecule has 1 fully saturated rings. The normalized spacial score (nSPS) is 18.5. The highest BCUT2D eigenvalue weighted by Gasteiger charge is 2.37. The Labute approximate surface area is 189 Å². The molecule has 1 atom stereocenters. The molecule has 6 rings (SSSR count). The number of aryl methyl sites for hydroxylation is 1. The summed E-state index contributed by atoms with van der Waals surface area (Å²) >= 11 is 0. The second-order valence-electron chi connectivity index (χ2n) is 8.65. The second kappa shape index (κ2) is 7.59. The molecule has 0 spiro atoms. The molecule has 10 heteroatoms. The van der Waals surface area contributed by atoms with Crippen LogP contribution in [0.2, 0.25) is 0 Å². The molecule has 5 heterocycles. The smallest absolute Gasteiger partial charge is 0.221 e. The van der Waals surface area contributed by atoms with Crippen LogP contribution in [0.15, 0.2) is 55.1 Å². The quantitative estimate of drug-likeness (QED) is 0.441. The molecule has 4 aromatic heterocycles. The second-order valence-corrected chi connectivity index (χ2v) is 8.65. The van der Waals surface area contributed by atoms with Gasteiger partial charge in [0.25, 0.3) is 0 Å². The first-order valence-electron chi connectivity index (χ1n) is 10.9. The van der Waals surface area contributed by atoms with E-state index in [-0.39, 0.29) is 0 Å². The van der Waals surface area contributed by atoms with E-state index in [0.717, 1.165) is 22.3 Å². The van der Waals surface area contributed by atoms with E-state index in [9.17, 15) is 5.11 Å². The number of anilines is 1. The number of hydrogen-bond acceptors (Lipinski definition) is 8. The van der Waals surface area contributed by atoms with Crippen LogP contribution in [-0.4, -0.2) is 63.3 Å². The summed E-state index contributed by atoms with van der Waals surface area (Å²) in [5.41, 5.74) is 2.32. The number of aliphatic hydroxyl groups is 1. The lowest BCUT2D eigenvalue weighted by Crippen LogP contribution is -2.38. The SMILES string of the molecule is Cc1nccn1CC1(O)CCN(c2cnc3nnn(Cc4ccc5ncccc5c4)c3n2)C1. The lowest BCUT2D eigenvalue weighted by Gasteiger charge is -2.24. The number of aromatic nitrogens is 8. The maximum Gasteiger partial charge on any atom is 0.221 e. The fraction of sp³-hybridized carbons (Fsp3) is 0.304. The average molecular weight is 441 g/mol. The van der Waals surface area contributed by atoms with Gasteiger partial charge in [0.2, 0.25) is 5.65 Å². The van der Waals surface area contributed by atoms with Crippen LogP contribution in [-0.2, 0) is 13.1 Å². The highest BCUT2D eigenvalue weighted by Crippen LogP contribution is 2.28. The van der Waals surface area contributed by atoms with Crippen molar-refractivity contribution in [1.82, 2.24) is 39.5 Å². The summed E-state index contributed by atoms with van der Waals surface area (Å²) < 4.78 is 3.75. The van der Waals surface area contributed by atoms with Crippen LogP contribution in [0, 0.1) is 6.92 Å². The highest BCUT2D eigenvalue weighted by atomic mass is 16.3. The predicted octanol–water partition coefficient (Wildman–Crippen LogP) is 1.96. The maximum atomic E-state index is 11.2. The van der Waals surface area contributed by atoms with Gasteiger partial charge in [0.05, 0.1) is 24.8 Å². The van der Waals surface area contributed by atoms with E-state index in [2.05, 4.69) is 36.2 Å². The molecule has 10 nitrogen and oxygen atoms in total. The van der Waals surface area contributed by atoms with Gasteiger partial charge in [0, 0.05) is 37.1 Å². The summed E-state index contributed by atoms with van der Waals surface area (Å²) in [7, 11) is 0. The molecule has 33 heavy (non-hydrogen) atoms. The van der Waals surface area contributed by atoms with Crippen molar-refractivity contribution in [2.24, 2.45) is 0 Å². The van der Waals surface area contributed by atoms with E-state index < -0.39 is 5.60 Å². The number of imidazole rings is 1. The van der Waals surface area contributed by atoms with Crippen molar-refractivity contribution in [2.75, 3.05) is 18.0 Å². The molecule has 1 aromatic carbocycles. The van der Waals surface area contributed by atoms with Gasteiger partial charge in [-0.1, -0.05) is 17.3 Å². The van der Waals surface area contributed by atoms with E-state index in [1.807, 2.05) is 42.0 Å². The van der Waals surface area contributed by atoms with Gasteiger partial charge in [0.1, 0.15) is 17.2 Å². The number of benzene rings is 1. The molecule has 1 N–H and O–H groups in total. The first-order chi connectivity index (χ1) is 16.1. The zero-order valence-electron chi connectivity index (χ0n) is 18.2. The molecule has 166 valence electrons. The van der Waals surface area contributed by atoms with Gasteiger partial charge in [-0.25, -0.2) is 19.6 Å². The zero-order chi connectivity index (χ0) is 22.4. The van der Waals surface area contributed by atoms with E-state index in [1.54, 1.807) is 23.3 Å². The molecule has 0 bridgehead atoms. The molecule has 5 aromatic rings. The van der Waals surface area contributed by atoms with Crippen molar-refractivity contribution in [3.05, 3.63) is 66.5 Å². The molecule has 0 radical (unpaired) electrons. The summed E-state index contributed by atoms with van der Waals surface area (Å²) in [6.45, 7) is 4.15. The van der Waals surface area contributed by atoms with E-state index in [4.69, 9.17) is 4.98 Å². The largest absolute Gasteiger partial charge is 0.386 e. The molecule has 1 unspecified atom stereocenters. The average Bonchev–Trinajstić information content (AvgIpc) is 3.53. The van der Waals surface area contributed by atoms with Crippen molar-refractivity contribution >= 4 is 28.0 Å². The van der Waals surface area contributed by atoms with E-state index >= 15 is 0 Å². The van der Waals surface area contributed by atoms with Crippen molar-refractivity contribution in [3.63, 3.8) is 0 Å². The van der Waals surface area contributed by atoms with Crippen LogP contribution >= 0.6 is 0 Å². The van der Waals surface area contributed by atoms with Gasteiger partial charge in [-0.05, 0) is 37.1 Å². The Balaban J connectivity index is 1.25. The maximum absolute atomic E-state index is 11.2. The van der Waals surface area contributed by atoms with Crippen LogP contribution in [0.3, 0.4) is 0 Å². The van der Waals surface area contributed by atoms with Crippen molar-refractivity contribution < 1.29 is 5.11 Å². The number of hydrogen-bond donors (Lipinski definition) is 1. The molecule has 1 saturated heterocycles. The van der Waals surface area contributed by atoms with Gasteiger partial charge in [-0.2, -0.15) is 0 Å². The van der Waals surface area contributed by atoms with Gasteiger partial charge in [0.15, 0.2) is 5.65 Å². The van der Waals surface area contributed by atoms with Crippen molar-refractivity contribution in [3.8, 4) is 0 Å². The topological polar surface area (TPSA) is 111 Å². The lowest BCUT2D eigenvalue weighted by atomic mass is 10.0. The third kappa shape index (κ3) is 3.68. The Morgan fingerprint density at radius 2 is 2.06 bits per heavy atom. The zero-order valence-corrected chi connectivity index (χ0v) is 18.2. The predicted molar refractivity (Wildman–Crippen MR) is 123 cm³/mol. The number of pyridine rings is 1. The Bertz CT molecular complexity index is 1460. The molecule has 1 aliphatic rings. The minimum absolute atomic E-state index is 0.476. The molecule has 0 aliphatic carbocycles. The van der Waals surface area contributed by atoms with Crippen LogP contribution in [0.5, 0.6) is 0 Å². The molecular formula is C23H23N9O. The third-order valence-corrected chi connectivity index (χ3v) is 6.26. The summed E-state index contributed by atoms with van der Waals surface area (Å²) in [6.07, 6.45) is 7.80. The minimum atomic E-state index is -0.847. The fourth-order valence-electron chi connectivity index (χ4n) is 4.47. The molecule has 0 saturated carbocycles. The third-order valence-electron chi connectivity index (χ3n) is 6.26. The summed E-state index contributed by atoms with van der Waals surface area (Å²) in [4.78, 5) is 20.0. The first-order valence-corrected chi connectivity index (χ1v) is 10.9. The van der Waals surface area contributed by atoms with Crippen LogP contribution in [0.1, 0.15) is 17.8 Å². The molecule has 1 aliphatic heterocycles. The summed E-state index contributed by atoms with van der Waals surface area (Å²) in [5, 5.41) is 20.7. The van der Waals surface area contributed by atoms with E-state index in [0.29, 0.717) is 49.7 Å². The first kappa shape index (κ1) is 19.7. The Hall–Kier alpha value is -3.92. The van der Waals surface area contributed by atoms with Crippen LogP contribution in [0.4, 0.5) is 5.82 Å². The van der Waals surface area contributed by atoms with Gasteiger partial charge in [-0.15, -0.1) is 5.10 Å². The summed E-state index contributed by atoms with van der Waals surface area (Å²) in [5.74, 6) is 1.61. The number of rotatable bonds is 5. The van der Waals surface area contributed by atoms with Crippen LogP contribution < -0.4 is 4.90 Å². The minimum Gasteiger partial charge on any atom is -0.386 e. The fourth-order valence-corrected chi connectivity index (χ4v) is 4.47. The van der Waals surface area contributed by atoms with Crippen LogP contribution in [0.25, 0.3) is 22.2 Å². The monoisotopic (exact) mass is 441 g/mol. The number of fused-ring (bicyclic) bond motifs is 2. The molecular weight excluding hydrogens is 418 g/mol.